The Labute approximate surface area is 59.1 Å². The zero-order chi connectivity index (χ0) is 4.00. The summed E-state index contributed by atoms with van der Waals surface area (Å²) in [5, 5.41) is 0. The van der Waals surface area contributed by atoms with E-state index < -0.39 is 0 Å². The third kappa shape index (κ3) is 8.92. The number of rotatable bonds is 0. The molecule has 2 radical (unpaired) electrons. The van der Waals surface area contributed by atoms with Crippen molar-refractivity contribution in [3.05, 3.63) is 0 Å². The van der Waals surface area contributed by atoms with E-state index >= 15 is 0 Å². The van der Waals surface area contributed by atoms with Gasteiger partial charge in [0.05, 0.1) is 0 Å². The van der Waals surface area contributed by atoms with Crippen molar-refractivity contribution in [2.75, 3.05) is 0 Å². The summed E-state index contributed by atoms with van der Waals surface area (Å²) in [4.78, 5) is 0. The van der Waals surface area contributed by atoms with Crippen LogP contribution in [0.3, 0.4) is 0 Å². The second-order valence-corrected chi connectivity index (χ2v) is 0. The van der Waals surface area contributed by atoms with E-state index in [0.29, 0.717) is 24.5 Å². The quantitative estimate of drug-likeness (QED) is 0.569. The van der Waals surface area contributed by atoms with Crippen LogP contribution in [0.5, 0.6) is 0 Å². The first-order chi connectivity index (χ1) is 2.00. The van der Waals surface area contributed by atoms with Crippen LogP contribution in [0.25, 0.3) is 0 Å². The first-order valence-corrected chi connectivity index (χ1v) is 9.91. The Morgan fingerprint density at radius 2 is 1.25 bits per heavy atom. The van der Waals surface area contributed by atoms with E-state index in [-0.39, 0.29) is 0 Å². The van der Waals surface area contributed by atoms with Crippen LogP contribution in [0.1, 0.15) is 0 Å². The van der Waals surface area contributed by atoms with Crippen LogP contribution < -0.4 is 0 Å². The fraction of sp³-hybridized carbons (Fsp3) is 0. The molecular weight excluding hydrogens is 343 g/mol. The molecule has 0 atom stereocenters. The van der Waals surface area contributed by atoms with Crippen LogP contribution in [0.2, 0.25) is 0 Å². The second kappa shape index (κ2) is 19.3. The predicted octanol–water partition coefficient (Wildman–Crippen LogP) is 0.728. The van der Waals surface area contributed by atoms with Gasteiger partial charge in [-0.25, -0.2) is 0 Å². The summed E-state index contributed by atoms with van der Waals surface area (Å²) in [6.07, 6.45) is 0. The van der Waals surface area contributed by atoms with E-state index in [4.69, 9.17) is 18.0 Å². The van der Waals surface area contributed by atoms with Crippen molar-refractivity contribution in [2.45, 2.75) is 0 Å². The van der Waals surface area contributed by atoms with Crippen molar-refractivity contribution in [3.8, 4) is 0 Å². The third-order valence-corrected chi connectivity index (χ3v) is 0. The van der Waals surface area contributed by atoms with Gasteiger partial charge in [-0.3, -0.25) is 0 Å². The molecule has 0 unspecified atom stereocenters. The molecular formula is HCl2PbZn. The Hall–Kier alpha value is 2.13. The number of hydrogen-bond donors (Lipinski definition) is 0. The number of hydrogen-bond acceptors (Lipinski definition) is 0. The fourth-order valence-electron chi connectivity index (χ4n) is 0. The first kappa shape index (κ1) is 9.45. The maximum atomic E-state index is 4.81. The molecule has 0 heterocycles. The molecule has 0 amide bonds. The van der Waals surface area contributed by atoms with Gasteiger partial charge in [-0.2, -0.15) is 0 Å². The molecule has 0 saturated carbocycles. The summed E-state index contributed by atoms with van der Waals surface area (Å²) >= 11 is 1.49. The van der Waals surface area contributed by atoms with Crippen LogP contribution in [0.15, 0.2) is 0 Å². The zero-order valence-corrected chi connectivity index (χ0v) is 11.0. The van der Waals surface area contributed by atoms with Gasteiger partial charge in [0.2, 0.25) is 0 Å². The van der Waals surface area contributed by atoms with Crippen molar-refractivity contribution in [1.82, 2.24) is 0 Å². The summed E-state index contributed by atoms with van der Waals surface area (Å²) in [6, 6.07) is 0. The summed E-state index contributed by atoms with van der Waals surface area (Å²) in [5.74, 6) is 0. The van der Waals surface area contributed by atoms with E-state index in [0.717, 1.165) is 17.3 Å². The van der Waals surface area contributed by atoms with Crippen LogP contribution >= 0.6 is 18.0 Å². The molecule has 0 spiro atoms. The van der Waals surface area contributed by atoms with Crippen molar-refractivity contribution >= 4 is 42.6 Å². The normalized spacial score (nSPS) is 3.25. The van der Waals surface area contributed by atoms with Gasteiger partial charge in [-0.05, 0) is 0 Å². The molecule has 0 aliphatic rings. The average Bonchev–Trinajstić information content (AvgIpc) is 1.50. The minimum atomic E-state index is 0.639. The summed E-state index contributed by atoms with van der Waals surface area (Å²) in [7, 11) is 9.57. The van der Waals surface area contributed by atoms with Gasteiger partial charge < -0.3 is 0 Å². The van der Waals surface area contributed by atoms with E-state index in [1.54, 1.807) is 0 Å². The molecule has 0 aromatic heterocycles. The van der Waals surface area contributed by atoms with Crippen LogP contribution in [-0.2, 0) is 17.3 Å². The first-order valence-electron chi connectivity index (χ1n) is 0.485. The van der Waals surface area contributed by atoms with Gasteiger partial charge in [-0.1, -0.05) is 0 Å². The van der Waals surface area contributed by atoms with Gasteiger partial charge >= 0.3 is 59.9 Å². The van der Waals surface area contributed by atoms with E-state index in [9.17, 15) is 0 Å². The van der Waals surface area contributed by atoms with Gasteiger partial charge in [0.15, 0.2) is 0 Å². The predicted molar refractivity (Wildman–Crippen MR) is 18.9 cm³/mol. The summed E-state index contributed by atoms with van der Waals surface area (Å²) < 4.78 is 0. The van der Waals surface area contributed by atoms with Crippen LogP contribution in [0, 0.1) is 0 Å². The van der Waals surface area contributed by atoms with Gasteiger partial charge in [-0.15, -0.1) is 0 Å². The standard InChI is InChI=1S/2ClH.Pb.Zn.H/h2*1H;;;/q;;2*+1;/p-2. The molecule has 21 valence electrons. The SMILES string of the molecule is [Cl][PbH].[Cl][Zn]. The van der Waals surface area contributed by atoms with Gasteiger partial charge in [0, 0.05) is 0 Å². The van der Waals surface area contributed by atoms with Crippen molar-refractivity contribution < 1.29 is 17.3 Å². The molecule has 0 bridgehead atoms. The van der Waals surface area contributed by atoms with E-state index in [2.05, 4.69) is 0 Å². The molecule has 0 saturated heterocycles. The summed E-state index contributed by atoms with van der Waals surface area (Å²) in [5.41, 5.74) is 0. The minimum absolute atomic E-state index is 0.639. The van der Waals surface area contributed by atoms with Crippen molar-refractivity contribution in [3.63, 3.8) is 0 Å². The monoisotopic (exact) mass is 343 g/mol. The van der Waals surface area contributed by atoms with Crippen LogP contribution in [0.4, 0.5) is 0 Å². The molecule has 0 aromatic rings. The topological polar surface area (TPSA) is 0 Å². The molecule has 0 aliphatic heterocycles. The molecule has 0 fully saturated rings. The van der Waals surface area contributed by atoms with Crippen molar-refractivity contribution in [1.29, 1.82) is 0 Å². The van der Waals surface area contributed by atoms with Gasteiger partial charge in [0.1, 0.15) is 0 Å². The Bertz CT molecular complexity index is 6.00. The Kier molecular flexibility index (Phi) is 45.6. The molecule has 0 nitrogen and oxygen atoms in total. The molecule has 4 heavy (non-hydrogen) atoms. The third-order valence-electron chi connectivity index (χ3n) is 0. The van der Waals surface area contributed by atoms with Crippen LogP contribution in [-0.4, -0.2) is 24.5 Å². The summed E-state index contributed by atoms with van der Waals surface area (Å²) in [6.45, 7) is 0. The molecule has 0 aliphatic carbocycles. The van der Waals surface area contributed by atoms with E-state index in [1.807, 2.05) is 0 Å². The number of halogens is 2. The maximum absolute atomic E-state index is 4.81. The second-order valence-electron chi connectivity index (χ2n) is 0. The molecule has 0 N–H and O–H groups in total. The fourth-order valence-corrected chi connectivity index (χ4v) is 0. The molecule has 4 heteroatoms. The van der Waals surface area contributed by atoms with E-state index in [1.165, 1.54) is 0 Å². The Balaban J connectivity index is 0. The van der Waals surface area contributed by atoms with Crippen molar-refractivity contribution in [2.24, 2.45) is 0 Å². The zero-order valence-electron chi connectivity index (χ0n) is 2.04. The molecule has 0 aromatic carbocycles. The Morgan fingerprint density at radius 1 is 1.25 bits per heavy atom. The average molecular weight is 345 g/mol. The van der Waals surface area contributed by atoms with Gasteiger partial charge in [0.25, 0.3) is 0 Å². The Morgan fingerprint density at radius 3 is 1.25 bits per heavy atom. The molecule has 0 rings (SSSR count).